The van der Waals surface area contributed by atoms with Crippen molar-refractivity contribution in [3.8, 4) is 11.3 Å². The van der Waals surface area contributed by atoms with Gasteiger partial charge in [-0.3, -0.25) is 19.6 Å². The van der Waals surface area contributed by atoms with E-state index >= 15 is 0 Å². The largest absolute Gasteiger partial charge is 0.364 e. The first-order valence-electron chi connectivity index (χ1n) is 9.86. The standard InChI is InChI=1S/C25H19ClN4O2/c26-21-11-10-19(15-20(21)22-5-1-2-12-28-22)30-25(32)17-8-6-16(7-9-17)14-18-4-3-13-29-23(18)24(27)31/h1-13,15H,14H2,(H2,27,31)(H,30,32). The summed E-state index contributed by atoms with van der Waals surface area (Å²) in [5, 5.41) is 3.44. The van der Waals surface area contributed by atoms with E-state index in [4.69, 9.17) is 17.3 Å². The van der Waals surface area contributed by atoms with Gasteiger partial charge in [-0.1, -0.05) is 35.9 Å². The van der Waals surface area contributed by atoms with Gasteiger partial charge in [0.25, 0.3) is 11.8 Å². The molecule has 32 heavy (non-hydrogen) atoms. The number of primary amides is 1. The Morgan fingerprint density at radius 2 is 1.69 bits per heavy atom. The fourth-order valence-electron chi connectivity index (χ4n) is 3.32. The van der Waals surface area contributed by atoms with Gasteiger partial charge in [0.15, 0.2) is 0 Å². The Hall–Kier alpha value is -4.03. The van der Waals surface area contributed by atoms with Crippen LogP contribution in [-0.2, 0) is 6.42 Å². The van der Waals surface area contributed by atoms with E-state index in [1.165, 1.54) is 6.20 Å². The van der Waals surface area contributed by atoms with E-state index in [-0.39, 0.29) is 11.6 Å². The summed E-state index contributed by atoms with van der Waals surface area (Å²) in [6.07, 6.45) is 3.71. The number of aromatic nitrogens is 2. The number of anilines is 1. The Morgan fingerprint density at radius 1 is 0.906 bits per heavy atom. The molecular weight excluding hydrogens is 424 g/mol. The molecule has 2 aromatic heterocycles. The molecule has 0 unspecified atom stereocenters. The lowest BCUT2D eigenvalue weighted by Gasteiger charge is -2.10. The van der Waals surface area contributed by atoms with Crippen LogP contribution in [0.4, 0.5) is 5.69 Å². The lowest BCUT2D eigenvalue weighted by Crippen LogP contribution is -2.16. The van der Waals surface area contributed by atoms with Crippen LogP contribution in [0.1, 0.15) is 32.0 Å². The first-order valence-corrected chi connectivity index (χ1v) is 10.2. The summed E-state index contributed by atoms with van der Waals surface area (Å²) < 4.78 is 0. The highest BCUT2D eigenvalue weighted by atomic mass is 35.5. The Labute approximate surface area is 190 Å². The smallest absolute Gasteiger partial charge is 0.267 e. The molecule has 2 heterocycles. The molecule has 3 N–H and O–H groups in total. The van der Waals surface area contributed by atoms with Gasteiger partial charge in [0.2, 0.25) is 0 Å². The fraction of sp³-hybridized carbons (Fsp3) is 0.0400. The van der Waals surface area contributed by atoms with Gasteiger partial charge >= 0.3 is 0 Å². The van der Waals surface area contributed by atoms with Crippen LogP contribution in [0, 0.1) is 0 Å². The van der Waals surface area contributed by atoms with Gasteiger partial charge < -0.3 is 11.1 Å². The van der Waals surface area contributed by atoms with Crippen LogP contribution in [0.2, 0.25) is 5.02 Å². The van der Waals surface area contributed by atoms with E-state index < -0.39 is 5.91 Å². The summed E-state index contributed by atoms with van der Waals surface area (Å²) in [6, 6.07) is 21.6. The third-order valence-electron chi connectivity index (χ3n) is 4.90. The average Bonchev–Trinajstić information content (AvgIpc) is 2.81. The molecule has 0 saturated heterocycles. The Kier molecular flexibility index (Phi) is 6.24. The zero-order valence-corrected chi connectivity index (χ0v) is 17.7. The van der Waals surface area contributed by atoms with E-state index in [0.29, 0.717) is 22.7 Å². The Morgan fingerprint density at radius 3 is 2.41 bits per heavy atom. The summed E-state index contributed by atoms with van der Waals surface area (Å²) >= 11 is 6.31. The second-order valence-electron chi connectivity index (χ2n) is 7.11. The maximum Gasteiger partial charge on any atom is 0.267 e. The zero-order chi connectivity index (χ0) is 22.5. The number of hydrogen-bond acceptors (Lipinski definition) is 4. The number of carbonyl (C=O) groups excluding carboxylic acids is 2. The van der Waals surface area contributed by atoms with Crippen molar-refractivity contribution in [2.45, 2.75) is 6.42 Å². The molecule has 0 bridgehead atoms. The number of amides is 2. The lowest BCUT2D eigenvalue weighted by molar-refractivity contribution is 0.0992. The van der Waals surface area contributed by atoms with Gasteiger partial charge in [0.1, 0.15) is 5.69 Å². The van der Waals surface area contributed by atoms with Crippen molar-refractivity contribution in [3.63, 3.8) is 0 Å². The third-order valence-corrected chi connectivity index (χ3v) is 5.23. The van der Waals surface area contributed by atoms with Crippen LogP contribution in [0.15, 0.2) is 85.2 Å². The van der Waals surface area contributed by atoms with Crippen molar-refractivity contribution < 1.29 is 9.59 Å². The van der Waals surface area contributed by atoms with Crippen LogP contribution >= 0.6 is 11.6 Å². The Balaban J connectivity index is 1.49. The van der Waals surface area contributed by atoms with Crippen molar-refractivity contribution in [1.82, 2.24) is 9.97 Å². The Bertz CT molecular complexity index is 1270. The highest BCUT2D eigenvalue weighted by molar-refractivity contribution is 6.33. The predicted octanol–water partition coefficient (Wildman–Crippen LogP) is 4.74. The number of benzene rings is 2. The molecule has 0 spiro atoms. The number of nitrogens with two attached hydrogens (primary N) is 1. The molecule has 0 aliphatic heterocycles. The first kappa shape index (κ1) is 21.2. The molecule has 0 saturated carbocycles. The normalized spacial score (nSPS) is 10.5. The molecule has 0 atom stereocenters. The third kappa shape index (κ3) is 4.82. The van der Waals surface area contributed by atoms with Crippen molar-refractivity contribution in [2.75, 3.05) is 5.32 Å². The lowest BCUT2D eigenvalue weighted by atomic mass is 10.0. The predicted molar refractivity (Wildman–Crippen MR) is 125 cm³/mol. The SMILES string of the molecule is NC(=O)c1ncccc1Cc1ccc(C(=O)Nc2ccc(Cl)c(-c3ccccn3)c2)cc1. The molecule has 0 aliphatic carbocycles. The summed E-state index contributed by atoms with van der Waals surface area (Å²) in [4.78, 5) is 32.7. The van der Waals surface area contributed by atoms with Crippen LogP contribution < -0.4 is 11.1 Å². The molecule has 0 radical (unpaired) electrons. The topological polar surface area (TPSA) is 98.0 Å². The van der Waals surface area contributed by atoms with Gasteiger partial charge in [0, 0.05) is 29.2 Å². The minimum atomic E-state index is -0.565. The first-order chi connectivity index (χ1) is 15.5. The van der Waals surface area contributed by atoms with Crippen molar-refractivity contribution in [1.29, 1.82) is 0 Å². The summed E-state index contributed by atoms with van der Waals surface area (Å²) in [6.45, 7) is 0. The van der Waals surface area contributed by atoms with E-state index in [2.05, 4.69) is 15.3 Å². The van der Waals surface area contributed by atoms with Crippen molar-refractivity contribution in [3.05, 3.63) is 113 Å². The van der Waals surface area contributed by atoms with Gasteiger partial charge in [-0.25, -0.2) is 0 Å². The van der Waals surface area contributed by atoms with E-state index in [0.717, 1.165) is 22.4 Å². The van der Waals surface area contributed by atoms with Gasteiger partial charge in [0.05, 0.1) is 10.7 Å². The van der Waals surface area contributed by atoms with Crippen LogP contribution in [-0.4, -0.2) is 21.8 Å². The minimum absolute atomic E-state index is 0.245. The second-order valence-corrected chi connectivity index (χ2v) is 7.52. The van der Waals surface area contributed by atoms with E-state index in [9.17, 15) is 9.59 Å². The van der Waals surface area contributed by atoms with Crippen molar-refractivity contribution >= 4 is 29.1 Å². The molecule has 0 aliphatic rings. The van der Waals surface area contributed by atoms with Crippen molar-refractivity contribution in [2.24, 2.45) is 5.73 Å². The second kappa shape index (κ2) is 9.41. The van der Waals surface area contributed by atoms with E-state index in [1.807, 2.05) is 36.4 Å². The fourth-order valence-corrected chi connectivity index (χ4v) is 3.54. The molecule has 4 rings (SSSR count). The van der Waals surface area contributed by atoms with Crippen LogP contribution in [0.3, 0.4) is 0 Å². The highest BCUT2D eigenvalue weighted by Gasteiger charge is 2.12. The molecule has 7 heteroatoms. The van der Waals surface area contributed by atoms with Gasteiger partial charge in [-0.2, -0.15) is 0 Å². The number of carbonyl (C=O) groups is 2. The summed E-state index contributed by atoms with van der Waals surface area (Å²) in [7, 11) is 0. The highest BCUT2D eigenvalue weighted by Crippen LogP contribution is 2.29. The number of nitrogens with zero attached hydrogens (tertiary/aromatic N) is 2. The zero-order valence-electron chi connectivity index (χ0n) is 17.0. The number of rotatable bonds is 6. The molecule has 158 valence electrons. The monoisotopic (exact) mass is 442 g/mol. The maximum absolute atomic E-state index is 12.7. The number of pyridine rings is 2. The van der Waals surface area contributed by atoms with Crippen LogP contribution in [0.25, 0.3) is 11.3 Å². The van der Waals surface area contributed by atoms with Crippen LogP contribution in [0.5, 0.6) is 0 Å². The molecular formula is C25H19ClN4O2. The maximum atomic E-state index is 12.7. The molecule has 6 nitrogen and oxygen atoms in total. The molecule has 0 fully saturated rings. The summed E-state index contributed by atoms with van der Waals surface area (Å²) in [5.74, 6) is -0.810. The quantitative estimate of drug-likeness (QED) is 0.450. The molecule has 4 aromatic rings. The van der Waals surface area contributed by atoms with Gasteiger partial charge in [-0.05, 0) is 66.1 Å². The van der Waals surface area contributed by atoms with Gasteiger partial charge in [-0.15, -0.1) is 0 Å². The molecule has 2 aromatic carbocycles. The number of hydrogen-bond donors (Lipinski definition) is 2. The minimum Gasteiger partial charge on any atom is -0.364 e. The molecule has 2 amide bonds. The number of nitrogens with one attached hydrogen (secondary N) is 1. The summed E-state index contributed by atoms with van der Waals surface area (Å²) in [5.41, 5.74) is 9.90. The number of halogens is 1. The van der Waals surface area contributed by atoms with E-state index in [1.54, 1.807) is 42.6 Å². The average molecular weight is 443 g/mol.